The highest BCUT2D eigenvalue weighted by molar-refractivity contribution is 4.98. The normalized spacial score (nSPS) is 24.4. The third-order valence-corrected chi connectivity index (χ3v) is 3.78. The molecule has 4 heteroatoms. The lowest BCUT2D eigenvalue weighted by atomic mass is 9.90. The number of rotatable bonds is 5. The van der Waals surface area contributed by atoms with Crippen LogP contribution in [0.15, 0.2) is 18.6 Å². The minimum atomic E-state index is 0.420. The van der Waals surface area contributed by atoms with Gasteiger partial charge in [-0.25, -0.2) is 9.97 Å². The Labute approximate surface area is 110 Å². The molecule has 0 amide bonds. The van der Waals surface area contributed by atoms with E-state index in [0.29, 0.717) is 12.1 Å². The van der Waals surface area contributed by atoms with E-state index in [1.807, 2.05) is 12.3 Å². The predicted molar refractivity (Wildman–Crippen MR) is 73.0 cm³/mol. The summed E-state index contributed by atoms with van der Waals surface area (Å²) in [6.07, 6.45) is 9.43. The van der Waals surface area contributed by atoms with Gasteiger partial charge >= 0.3 is 0 Å². The van der Waals surface area contributed by atoms with Gasteiger partial charge < -0.3 is 5.73 Å². The minimum absolute atomic E-state index is 0.420. The van der Waals surface area contributed by atoms with Crippen LogP contribution in [0.2, 0.25) is 0 Å². The largest absolute Gasteiger partial charge is 0.328 e. The van der Waals surface area contributed by atoms with Crippen molar-refractivity contribution in [2.24, 2.45) is 5.73 Å². The summed E-state index contributed by atoms with van der Waals surface area (Å²) in [4.78, 5) is 10.9. The van der Waals surface area contributed by atoms with Crippen molar-refractivity contribution in [1.29, 1.82) is 0 Å². The molecule has 0 spiro atoms. The Kier molecular flexibility index (Phi) is 5.08. The molecule has 1 aromatic heterocycles. The van der Waals surface area contributed by atoms with Gasteiger partial charge in [-0.2, -0.15) is 0 Å². The zero-order valence-corrected chi connectivity index (χ0v) is 11.3. The van der Waals surface area contributed by atoms with Crippen LogP contribution in [0.4, 0.5) is 0 Å². The van der Waals surface area contributed by atoms with Gasteiger partial charge in [-0.15, -0.1) is 0 Å². The first kappa shape index (κ1) is 13.4. The highest BCUT2D eigenvalue weighted by atomic mass is 15.2. The third kappa shape index (κ3) is 3.75. The molecule has 2 rings (SSSR count). The number of hydrogen-bond acceptors (Lipinski definition) is 4. The topological polar surface area (TPSA) is 55.0 Å². The average Bonchev–Trinajstić information content (AvgIpc) is 2.40. The molecule has 0 aromatic carbocycles. The lowest BCUT2D eigenvalue weighted by Gasteiger charge is -2.35. The van der Waals surface area contributed by atoms with Crippen LogP contribution in [-0.4, -0.2) is 33.5 Å². The molecule has 4 nitrogen and oxygen atoms in total. The summed E-state index contributed by atoms with van der Waals surface area (Å²) in [6.45, 7) is 4.32. The molecule has 0 bridgehead atoms. The van der Waals surface area contributed by atoms with Gasteiger partial charge in [-0.1, -0.05) is 6.92 Å². The first-order valence-electron chi connectivity index (χ1n) is 7.04. The number of nitrogens with zero attached hydrogens (tertiary/aromatic N) is 3. The lowest BCUT2D eigenvalue weighted by molar-refractivity contribution is 0.140. The van der Waals surface area contributed by atoms with E-state index in [0.717, 1.165) is 31.6 Å². The van der Waals surface area contributed by atoms with E-state index in [-0.39, 0.29) is 0 Å². The van der Waals surface area contributed by atoms with Crippen LogP contribution in [0.3, 0.4) is 0 Å². The molecule has 0 atom stereocenters. The summed E-state index contributed by atoms with van der Waals surface area (Å²) in [5.74, 6) is 0. The van der Waals surface area contributed by atoms with Crippen LogP contribution in [0.5, 0.6) is 0 Å². The first-order valence-corrected chi connectivity index (χ1v) is 7.04. The molecule has 100 valence electrons. The molecular weight excluding hydrogens is 224 g/mol. The molecule has 0 unspecified atom stereocenters. The lowest BCUT2D eigenvalue weighted by Crippen LogP contribution is -2.41. The van der Waals surface area contributed by atoms with E-state index in [1.54, 1.807) is 6.33 Å². The maximum Gasteiger partial charge on any atom is 0.115 e. The van der Waals surface area contributed by atoms with Crippen LogP contribution < -0.4 is 5.73 Å². The summed E-state index contributed by atoms with van der Waals surface area (Å²) < 4.78 is 0. The van der Waals surface area contributed by atoms with E-state index >= 15 is 0 Å². The predicted octanol–water partition coefficient (Wildman–Crippen LogP) is 1.96. The summed E-state index contributed by atoms with van der Waals surface area (Å²) in [6, 6.07) is 3.11. The molecular formula is C14H24N4. The Morgan fingerprint density at radius 1 is 1.33 bits per heavy atom. The smallest absolute Gasteiger partial charge is 0.115 e. The molecule has 1 fully saturated rings. The summed E-state index contributed by atoms with van der Waals surface area (Å²) in [7, 11) is 0. The zero-order valence-electron chi connectivity index (χ0n) is 11.3. The first-order chi connectivity index (χ1) is 8.79. The highest BCUT2D eigenvalue weighted by Gasteiger charge is 2.23. The van der Waals surface area contributed by atoms with Crippen molar-refractivity contribution < 1.29 is 0 Å². The second kappa shape index (κ2) is 6.81. The second-order valence-corrected chi connectivity index (χ2v) is 5.24. The van der Waals surface area contributed by atoms with Gasteiger partial charge in [0, 0.05) is 24.8 Å². The van der Waals surface area contributed by atoms with Gasteiger partial charge in [0.1, 0.15) is 6.33 Å². The molecule has 1 saturated carbocycles. The van der Waals surface area contributed by atoms with Gasteiger partial charge in [0.15, 0.2) is 0 Å². The molecule has 1 heterocycles. The van der Waals surface area contributed by atoms with Crippen LogP contribution >= 0.6 is 0 Å². The van der Waals surface area contributed by atoms with Gasteiger partial charge in [-0.3, -0.25) is 4.90 Å². The van der Waals surface area contributed by atoms with E-state index in [1.165, 1.54) is 19.3 Å². The van der Waals surface area contributed by atoms with E-state index in [4.69, 9.17) is 5.73 Å². The van der Waals surface area contributed by atoms with Crippen LogP contribution in [0.25, 0.3) is 0 Å². The maximum absolute atomic E-state index is 5.98. The number of hydrogen-bond donors (Lipinski definition) is 1. The van der Waals surface area contributed by atoms with E-state index in [2.05, 4.69) is 21.8 Å². The monoisotopic (exact) mass is 248 g/mol. The Bertz CT molecular complexity index is 333. The van der Waals surface area contributed by atoms with Crippen molar-refractivity contribution in [2.45, 2.75) is 57.7 Å². The van der Waals surface area contributed by atoms with Crippen molar-refractivity contribution in [1.82, 2.24) is 14.9 Å². The summed E-state index contributed by atoms with van der Waals surface area (Å²) >= 11 is 0. The van der Waals surface area contributed by atoms with Gasteiger partial charge in [0.2, 0.25) is 0 Å². The SMILES string of the molecule is CCCN(Cc1ccncn1)C1CCC(N)CC1. The molecule has 2 N–H and O–H groups in total. The Morgan fingerprint density at radius 2 is 2.11 bits per heavy atom. The Hall–Kier alpha value is -1.00. The van der Waals surface area contributed by atoms with Crippen molar-refractivity contribution in [3.05, 3.63) is 24.3 Å². The van der Waals surface area contributed by atoms with Gasteiger partial charge in [0.05, 0.1) is 5.69 Å². The van der Waals surface area contributed by atoms with Crippen molar-refractivity contribution in [3.8, 4) is 0 Å². The fourth-order valence-electron chi connectivity index (χ4n) is 2.76. The van der Waals surface area contributed by atoms with Gasteiger partial charge in [0.25, 0.3) is 0 Å². The zero-order chi connectivity index (χ0) is 12.8. The minimum Gasteiger partial charge on any atom is -0.328 e. The van der Waals surface area contributed by atoms with Gasteiger partial charge in [-0.05, 0) is 44.7 Å². The fourth-order valence-corrected chi connectivity index (χ4v) is 2.76. The van der Waals surface area contributed by atoms with E-state index in [9.17, 15) is 0 Å². The summed E-state index contributed by atoms with van der Waals surface area (Å²) in [5, 5.41) is 0. The Balaban J connectivity index is 1.95. The molecule has 1 aliphatic rings. The quantitative estimate of drug-likeness (QED) is 0.865. The average molecular weight is 248 g/mol. The van der Waals surface area contributed by atoms with Crippen LogP contribution in [0.1, 0.15) is 44.7 Å². The molecule has 0 saturated heterocycles. The van der Waals surface area contributed by atoms with E-state index < -0.39 is 0 Å². The molecule has 0 radical (unpaired) electrons. The molecule has 0 aliphatic heterocycles. The number of aromatic nitrogens is 2. The third-order valence-electron chi connectivity index (χ3n) is 3.78. The second-order valence-electron chi connectivity index (χ2n) is 5.24. The van der Waals surface area contributed by atoms with Crippen molar-refractivity contribution in [2.75, 3.05) is 6.54 Å². The highest BCUT2D eigenvalue weighted by Crippen LogP contribution is 2.23. The van der Waals surface area contributed by atoms with Crippen molar-refractivity contribution in [3.63, 3.8) is 0 Å². The fraction of sp³-hybridized carbons (Fsp3) is 0.714. The van der Waals surface area contributed by atoms with Crippen LogP contribution in [0, 0.1) is 0 Å². The van der Waals surface area contributed by atoms with Crippen LogP contribution in [-0.2, 0) is 6.54 Å². The molecule has 18 heavy (non-hydrogen) atoms. The maximum atomic E-state index is 5.98. The van der Waals surface area contributed by atoms with Crippen molar-refractivity contribution >= 4 is 0 Å². The summed E-state index contributed by atoms with van der Waals surface area (Å²) in [5.41, 5.74) is 7.10. The number of nitrogens with two attached hydrogens (primary N) is 1. The molecule has 1 aromatic rings. The molecule has 1 aliphatic carbocycles. The Morgan fingerprint density at radius 3 is 2.72 bits per heavy atom. The standard InChI is InChI=1S/C14H24N4/c1-2-9-18(10-13-7-8-16-11-17-13)14-5-3-12(15)4-6-14/h7-8,11-12,14H,2-6,9-10,15H2,1H3.